The Kier molecular flexibility index (Phi) is 6.08. The van der Waals surface area contributed by atoms with Crippen LogP contribution in [-0.4, -0.2) is 21.2 Å². The van der Waals surface area contributed by atoms with Crippen molar-refractivity contribution in [3.05, 3.63) is 29.8 Å². The van der Waals surface area contributed by atoms with Crippen LogP contribution in [0.3, 0.4) is 0 Å². The lowest BCUT2D eigenvalue weighted by Gasteiger charge is -2.44. The molecule has 1 rings (SSSR count). The summed E-state index contributed by atoms with van der Waals surface area (Å²) in [6.45, 7) is 18.9. The highest BCUT2D eigenvalue weighted by Crippen LogP contribution is 2.51. The fraction of sp³-hybridized carbons (Fsp3) is 0.650. The molecule has 0 saturated heterocycles. The third-order valence-electron chi connectivity index (χ3n) is 4.15. The molecule has 1 aromatic rings. The summed E-state index contributed by atoms with van der Waals surface area (Å²) in [7, 11) is -3.19. The van der Waals surface area contributed by atoms with Crippen molar-refractivity contribution in [3.63, 3.8) is 0 Å². The van der Waals surface area contributed by atoms with Gasteiger partial charge >= 0.3 is 0 Å². The summed E-state index contributed by atoms with van der Waals surface area (Å²) in [5.74, 6) is 0. The van der Waals surface area contributed by atoms with Crippen LogP contribution in [0.4, 0.5) is 4.11 Å². The van der Waals surface area contributed by atoms with E-state index in [0.717, 1.165) is 10.8 Å². The van der Waals surface area contributed by atoms with Gasteiger partial charge in [0.05, 0.1) is 6.21 Å². The summed E-state index contributed by atoms with van der Waals surface area (Å²) in [5, 5.41) is 4.12. The van der Waals surface area contributed by atoms with Crippen molar-refractivity contribution in [1.82, 2.24) is 0 Å². The van der Waals surface area contributed by atoms with Crippen LogP contribution in [0, 0.1) is 5.41 Å². The summed E-state index contributed by atoms with van der Waals surface area (Å²) in [5.41, 5.74) is 1.01. The molecule has 0 aliphatic rings. The SMILES string of the molecule is CC(C)(C)CO/N=C/c1ccc([Si]([18F])(C(C)(C)C)C(C)(C)C)cc1. The number of rotatable bonds is 4. The molecule has 0 atom stereocenters. The zero-order chi connectivity index (χ0) is 18.8. The first-order chi connectivity index (χ1) is 10.7. The molecule has 0 aromatic heterocycles. The first-order valence-electron chi connectivity index (χ1n) is 8.63. The van der Waals surface area contributed by atoms with Gasteiger partial charge in [0, 0.05) is 0 Å². The minimum atomic E-state index is -3.19. The van der Waals surface area contributed by atoms with Gasteiger partial charge in [-0.25, -0.2) is 0 Å². The number of oxime groups is 1. The quantitative estimate of drug-likeness (QED) is 0.291. The third-order valence-corrected chi connectivity index (χ3v) is 9.41. The van der Waals surface area contributed by atoms with Crippen LogP contribution in [0.15, 0.2) is 29.4 Å². The van der Waals surface area contributed by atoms with Gasteiger partial charge in [-0.1, -0.05) is 91.7 Å². The Morgan fingerprint density at radius 2 is 1.38 bits per heavy atom. The maximum Gasteiger partial charge on any atom is 0.288 e. The highest BCUT2D eigenvalue weighted by Gasteiger charge is 2.56. The van der Waals surface area contributed by atoms with E-state index in [9.17, 15) is 0 Å². The Labute approximate surface area is 148 Å². The van der Waals surface area contributed by atoms with E-state index in [0.29, 0.717) is 6.61 Å². The molecule has 0 radical (unpaired) electrons. The van der Waals surface area contributed by atoms with Gasteiger partial charge in [0.25, 0.3) is 8.41 Å². The third kappa shape index (κ3) is 4.92. The van der Waals surface area contributed by atoms with E-state index in [2.05, 4.69) is 25.9 Å². The monoisotopic (exact) mass is 350 g/mol. The van der Waals surface area contributed by atoms with Gasteiger partial charge in [-0.05, 0) is 26.2 Å². The molecule has 0 bridgehead atoms. The topological polar surface area (TPSA) is 21.6 Å². The Morgan fingerprint density at radius 1 is 0.917 bits per heavy atom. The molecular weight excluding hydrogens is 316 g/mol. The summed E-state index contributed by atoms with van der Waals surface area (Å²) >= 11 is 0. The maximum absolute atomic E-state index is 16.2. The molecule has 4 heteroatoms. The number of hydrogen-bond donors (Lipinski definition) is 0. The van der Waals surface area contributed by atoms with Gasteiger partial charge in [0.2, 0.25) is 0 Å². The van der Waals surface area contributed by atoms with Crippen LogP contribution in [0.5, 0.6) is 0 Å². The van der Waals surface area contributed by atoms with Crippen molar-refractivity contribution in [2.45, 2.75) is 72.4 Å². The minimum absolute atomic E-state index is 0.0834. The molecule has 2 nitrogen and oxygen atoms in total. The lowest BCUT2D eigenvalue weighted by molar-refractivity contribution is 0.0783. The standard InChI is InChI=1S/C20H34FNOSi/c1-18(2,3)15-23-22-14-16-10-12-17(13-11-16)24(21,19(4,5)6)20(7,8)9/h10-14H,15H2,1-9H3/b22-14+/i21-1. The highest BCUT2D eigenvalue weighted by molar-refractivity contribution is 6.90. The number of hydrogen-bond acceptors (Lipinski definition) is 2. The molecule has 136 valence electrons. The first kappa shape index (κ1) is 20.9. The fourth-order valence-electron chi connectivity index (χ4n) is 3.12. The zero-order valence-corrected chi connectivity index (χ0v) is 17.8. The second kappa shape index (κ2) is 6.99. The smallest absolute Gasteiger partial charge is 0.288 e. The summed E-state index contributed by atoms with van der Waals surface area (Å²) in [4.78, 5) is 5.31. The molecular formula is C20H34FNOSi. The van der Waals surface area contributed by atoms with Gasteiger partial charge < -0.3 is 8.95 Å². The van der Waals surface area contributed by atoms with Crippen LogP contribution in [-0.2, 0) is 4.84 Å². The normalized spacial score (nSPS) is 14.2. The lowest BCUT2D eigenvalue weighted by Crippen LogP contribution is -2.57. The molecule has 24 heavy (non-hydrogen) atoms. The van der Waals surface area contributed by atoms with Crippen LogP contribution >= 0.6 is 0 Å². The largest absolute Gasteiger partial charge is 0.395 e. The van der Waals surface area contributed by atoms with Crippen LogP contribution in [0.1, 0.15) is 67.9 Å². The molecule has 0 amide bonds. The van der Waals surface area contributed by atoms with E-state index < -0.39 is 8.41 Å². The summed E-state index contributed by atoms with van der Waals surface area (Å²) in [6, 6.07) is 7.71. The maximum atomic E-state index is 16.2. The zero-order valence-electron chi connectivity index (χ0n) is 16.8. The first-order valence-corrected chi connectivity index (χ1v) is 10.5. The predicted octanol–water partition coefficient (Wildman–Crippen LogP) is 5.81. The van der Waals surface area contributed by atoms with E-state index in [-0.39, 0.29) is 15.5 Å². The average molecular weight is 351 g/mol. The van der Waals surface area contributed by atoms with E-state index in [1.807, 2.05) is 65.8 Å². The Hall–Kier alpha value is -1.16. The van der Waals surface area contributed by atoms with Gasteiger partial charge in [0.1, 0.15) is 6.61 Å². The van der Waals surface area contributed by atoms with Crippen molar-refractivity contribution in [3.8, 4) is 0 Å². The average Bonchev–Trinajstić information content (AvgIpc) is 2.40. The van der Waals surface area contributed by atoms with Gasteiger partial charge in [-0.2, -0.15) is 0 Å². The molecule has 1 aromatic carbocycles. The Bertz CT molecular complexity index is 545. The number of benzene rings is 1. The molecule has 0 aliphatic carbocycles. The fourth-order valence-corrected chi connectivity index (χ4v) is 7.73. The lowest BCUT2D eigenvalue weighted by atomic mass is 9.99. The van der Waals surface area contributed by atoms with E-state index in [4.69, 9.17) is 4.84 Å². The molecule has 0 heterocycles. The van der Waals surface area contributed by atoms with E-state index >= 15 is 4.11 Å². The van der Waals surface area contributed by atoms with Crippen molar-refractivity contribution in [1.29, 1.82) is 0 Å². The molecule has 0 spiro atoms. The molecule has 0 N–H and O–H groups in total. The minimum Gasteiger partial charge on any atom is -0.395 e. The molecule has 0 aliphatic heterocycles. The van der Waals surface area contributed by atoms with E-state index in [1.165, 1.54) is 0 Å². The van der Waals surface area contributed by atoms with E-state index in [1.54, 1.807) is 6.21 Å². The van der Waals surface area contributed by atoms with Gasteiger partial charge in [-0.15, -0.1) is 0 Å². The van der Waals surface area contributed by atoms with Crippen molar-refractivity contribution < 1.29 is 8.95 Å². The van der Waals surface area contributed by atoms with Crippen molar-refractivity contribution in [2.75, 3.05) is 6.61 Å². The molecule has 0 fully saturated rings. The van der Waals surface area contributed by atoms with Crippen molar-refractivity contribution >= 4 is 19.8 Å². The Balaban J connectivity index is 2.99. The number of nitrogens with zero attached hydrogens (tertiary/aromatic N) is 1. The van der Waals surface area contributed by atoms with Crippen LogP contribution in [0.25, 0.3) is 0 Å². The Morgan fingerprint density at radius 3 is 1.75 bits per heavy atom. The second-order valence-corrected chi connectivity index (χ2v) is 14.7. The number of halogens is 1. The summed E-state index contributed by atoms with van der Waals surface area (Å²) in [6.07, 6.45) is 1.69. The highest BCUT2D eigenvalue weighted by atomic mass is 28.4. The second-order valence-electron chi connectivity index (χ2n) is 9.85. The van der Waals surface area contributed by atoms with Crippen molar-refractivity contribution in [2.24, 2.45) is 10.6 Å². The molecule has 0 unspecified atom stereocenters. The molecule has 0 saturated carbocycles. The predicted molar refractivity (Wildman–Crippen MR) is 105 cm³/mol. The van der Waals surface area contributed by atoms with Gasteiger partial charge in [-0.3, -0.25) is 0 Å². The summed E-state index contributed by atoms with van der Waals surface area (Å²) < 4.78 is 16.2. The van der Waals surface area contributed by atoms with Gasteiger partial charge in [0.15, 0.2) is 0 Å². The van der Waals surface area contributed by atoms with Crippen LogP contribution < -0.4 is 5.19 Å². The van der Waals surface area contributed by atoms with Crippen LogP contribution in [0.2, 0.25) is 10.1 Å².